The first kappa shape index (κ1) is 10.4. The molecule has 0 fully saturated rings. The zero-order valence-corrected chi connectivity index (χ0v) is 9.82. The molecule has 2 aromatic heterocycles. The average Bonchev–Trinajstić information content (AvgIpc) is 2.83. The molecule has 15 heavy (non-hydrogen) atoms. The van der Waals surface area contributed by atoms with Gasteiger partial charge in [0.15, 0.2) is 0 Å². The van der Waals surface area contributed by atoms with E-state index in [4.69, 9.17) is 0 Å². The van der Waals surface area contributed by atoms with E-state index in [-0.39, 0.29) is 0 Å². The van der Waals surface area contributed by atoms with Crippen molar-refractivity contribution in [2.24, 2.45) is 0 Å². The van der Waals surface area contributed by atoms with Crippen molar-refractivity contribution in [3.05, 3.63) is 29.0 Å². The van der Waals surface area contributed by atoms with Crippen LogP contribution in [-0.2, 0) is 6.54 Å². The third-order valence-corrected chi connectivity index (χ3v) is 3.48. The molecule has 0 spiro atoms. The molecule has 2 aromatic rings. The minimum Gasteiger partial charge on any atom is -0.367 e. The topological polar surface area (TPSA) is 40.7 Å². The van der Waals surface area contributed by atoms with Crippen LogP contribution in [0.25, 0.3) is 10.6 Å². The quantitative estimate of drug-likeness (QED) is 0.833. The summed E-state index contributed by atoms with van der Waals surface area (Å²) in [5.41, 5.74) is 2.31. The lowest BCUT2D eigenvalue weighted by Gasteiger charge is -1.97. The van der Waals surface area contributed by atoms with Gasteiger partial charge in [-0.2, -0.15) is 0 Å². The van der Waals surface area contributed by atoms with Crippen molar-refractivity contribution in [1.82, 2.24) is 15.3 Å². The number of nitrogens with one attached hydrogen (secondary N) is 2. The van der Waals surface area contributed by atoms with Crippen LogP contribution in [0.3, 0.4) is 0 Å². The zero-order valence-electron chi connectivity index (χ0n) is 9.00. The van der Waals surface area contributed by atoms with Crippen LogP contribution >= 0.6 is 11.3 Å². The SMILES string of the molecule is CCNCc1sc(-c2cc[nH]c2)nc1C. The molecule has 2 N–H and O–H groups in total. The third kappa shape index (κ3) is 2.27. The van der Waals surface area contributed by atoms with Gasteiger partial charge in [-0.25, -0.2) is 4.98 Å². The van der Waals surface area contributed by atoms with Crippen LogP contribution in [0.4, 0.5) is 0 Å². The van der Waals surface area contributed by atoms with Gasteiger partial charge in [-0.1, -0.05) is 6.92 Å². The molecule has 0 saturated carbocycles. The third-order valence-electron chi connectivity index (χ3n) is 2.27. The summed E-state index contributed by atoms with van der Waals surface area (Å²) in [6.07, 6.45) is 3.91. The molecular formula is C11H15N3S. The van der Waals surface area contributed by atoms with Gasteiger partial charge in [0.1, 0.15) is 5.01 Å². The molecule has 0 radical (unpaired) electrons. The number of nitrogens with zero attached hydrogens (tertiary/aromatic N) is 1. The van der Waals surface area contributed by atoms with E-state index in [2.05, 4.69) is 35.2 Å². The van der Waals surface area contributed by atoms with Crippen LogP contribution < -0.4 is 5.32 Å². The van der Waals surface area contributed by atoms with Gasteiger partial charge in [-0.3, -0.25) is 0 Å². The highest BCUT2D eigenvalue weighted by molar-refractivity contribution is 7.15. The first-order valence-electron chi connectivity index (χ1n) is 5.11. The van der Waals surface area contributed by atoms with E-state index in [0.717, 1.165) is 23.8 Å². The lowest BCUT2D eigenvalue weighted by atomic mass is 10.3. The molecule has 0 aliphatic heterocycles. The van der Waals surface area contributed by atoms with E-state index in [1.54, 1.807) is 11.3 Å². The van der Waals surface area contributed by atoms with Crippen molar-refractivity contribution < 1.29 is 0 Å². The number of aryl methyl sites for hydroxylation is 1. The molecule has 3 nitrogen and oxygen atoms in total. The van der Waals surface area contributed by atoms with Crippen molar-refractivity contribution in [2.45, 2.75) is 20.4 Å². The maximum Gasteiger partial charge on any atom is 0.125 e. The van der Waals surface area contributed by atoms with Crippen molar-refractivity contribution in [3.8, 4) is 10.6 Å². The van der Waals surface area contributed by atoms with Crippen molar-refractivity contribution in [3.63, 3.8) is 0 Å². The van der Waals surface area contributed by atoms with E-state index < -0.39 is 0 Å². The van der Waals surface area contributed by atoms with Gasteiger partial charge in [0.05, 0.1) is 5.69 Å². The van der Waals surface area contributed by atoms with Crippen molar-refractivity contribution in [2.75, 3.05) is 6.54 Å². The molecule has 0 aromatic carbocycles. The molecule has 0 unspecified atom stereocenters. The minimum atomic E-state index is 0.921. The smallest absolute Gasteiger partial charge is 0.125 e. The van der Waals surface area contributed by atoms with Gasteiger partial charge in [-0.15, -0.1) is 11.3 Å². The highest BCUT2D eigenvalue weighted by Gasteiger charge is 2.08. The fourth-order valence-electron chi connectivity index (χ4n) is 1.41. The summed E-state index contributed by atoms with van der Waals surface area (Å²) >= 11 is 1.76. The molecule has 80 valence electrons. The fourth-order valence-corrected chi connectivity index (χ4v) is 2.44. The summed E-state index contributed by atoms with van der Waals surface area (Å²) < 4.78 is 0. The Labute approximate surface area is 93.6 Å². The minimum absolute atomic E-state index is 0.921. The van der Waals surface area contributed by atoms with Crippen molar-refractivity contribution in [1.29, 1.82) is 0 Å². The van der Waals surface area contributed by atoms with E-state index in [0.29, 0.717) is 0 Å². The molecule has 0 saturated heterocycles. The van der Waals surface area contributed by atoms with E-state index in [9.17, 15) is 0 Å². The lowest BCUT2D eigenvalue weighted by Crippen LogP contribution is -2.11. The van der Waals surface area contributed by atoms with Crippen LogP contribution in [0.15, 0.2) is 18.5 Å². The number of aromatic amines is 1. The Morgan fingerprint density at radius 2 is 2.40 bits per heavy atom. The standard InChI is InChI=1S/C11H15N3S/c1-3-12-7-10-8(2)14-11(15-10)9-4-5-13-6-9/h4-6,12-13H,3,7H2,1-2H3. The van der Waals surface area contributed by atoms with Gasteiger partial charge in [0, 0.05) is 29.4 Å². The number of thiazole rings is 1. The first-order valence-corrected chi connectivity index (χ1v) is 5.93. The second-order valence-corrected chi connectivity index (χ2v) is 4.49. The normalized spacial score (nSPS) is 10.8. The Kier molecular flexibility index (Phi) is 3.18. The van der Waals surface area contributed by atoms with E-state index >= 15 is 0 Å². The number of H-pyrrole nitrogens is 1. The number of rotatable bonds is 4. The van der Waals surface area contributed by atoms with E-state index in [1.807, 2.05) is 12.4 Å². The molecule has 0 aliphatic rings. The van der Waals surface area contributed by atoms with Gasteiger partial charge in [0.25, 0.3) is 0 Å². The average molecular weight is 221 g/mol. The summed E-state index contributed by atoms with van der Waals surface area (Å²) in [7, 11) is 0. The second kappa shape index (κ2) is 4.59. The van der Waals surface area contributed by atoms with Gasteiger partial charge in [-0.05, 0) is 19.5 Å². The molecule has 2 rings (SSSR count). The first-order chi connectivity index (χ1) is 7.31. The maximum absolute atomic E-state index is 4.56. The van der Waals surface area contributed by atoms with Gasteiger partial charge >= 0.3 is 0 Å². The number of aromatic nitrogens is 2. The van der Waals surface area contributed by atoms with Crippen LogP contribution in [0.2, 0.25) is 0 Å². The Bertz CT molecular complexity index is 417. The van der Waals surface area contributed by atoms with Crippen LogP contribution in [0.5, 0.6) is 0 Å². The molecule has 0 amide bonds. The number of hydrogen-bond acceptors (Lipinski definition) is 3. The lowest BCUT2D eigenvalue weighted by molar-refractivity contribution is 0.731. The monoisotopic (exact) mass is 221 g/mol. The largest absolute Gasteiger partial charge is 0.367 e. The summed E-state index contributed by atoms with van der Waals surface area (Å²) in [5, 5.41) is 4.43. The highest BCUT2D eigenvalue weighted by Crippen LogP contribution is 2.27. The maximum atomic E-state index is 4.56. The molecule has 0 bridgehead atoms. The Balaban J connectivity index is 2.21. The highest BCUT2D eigenvalue weighted by atomic mass is 32.1. The Morgan fingerprint density at radius 3 is 3.07 bits per heavy atom. The predicted molar refractivity (Wildman–Crippen MR) is 64.0 cm³/mol. The van der Waals surface area contributed by atoms with E-state index in [1.165, 1.54) is 10.4 Å². The summed E-state index contributed by atoms with van der Waals surface area (Å²) in [5.74, 6) is 0. The molecule has 4 heteroatoms. The second-order valence-electron chi connectivity index (χ2n) is 3.41. The summed E-state index contributed by atoms with van der Waals surface area (Å²) in [6.45, 7) is 6.10. The molecule has 0 atom stereocenters. The van der Waals surface area contributed by atoms with Gasteiger partial charge < -0.3 is 10.3 Å². The van der Waals surface area contributed by atoms with Crippen LogP contribution in [0.1, 0.15) is 17.5 Å². The summed E-state index contributed by atoms with van der Waals surface area (Å²) in [6, 6.07) is 2.05. The fraction of sp³-hybridized carbons (Fsp3) is 0.364. The molecule has 2 heterocycles. The van der Waals surface area contributed by atoms with Crippen LogP contribution in [-0.4, -0.2) is 16.5 Å². The molecule has 0 aliphatic carbocycles. The Morgan fingerprint density at radius 1 is 1.53 bits per heavy atom. The predicted octanol–water partition coefficient (Wildman–Crippen LogP) is 2.56. The van der Waals surface area contributed by atoms with Crippen LogP contribution in [0, 0.1) is 6.92 Å². The Hall–Kier alpha value is -1.13. The zero-order chi connectivity index (χ0) is 10.7. The van der Waals surface area contributed by atoms with Gasteiger partial charge in [0.2, 0.25) is 0 Å². The summed E-state index contributed by atoms with van der Waals surface area (Å²) in [4.78, 5) is 8.94. The number of hydrogen-bond donors (Lipinski definition) is 2. The van der Waals surface area contributed by atoms with Crippen molar-refractivity contribution >= 4 is 11.3 Å². The molecular weight excluding hydrogens is 206 g/mol.